The number of carbonyl (C=O) groups excluding carboxylic acids is 1. The third kappa shape index (κ3) is 2.24. The Bertz CT molecular complexity index is 931. The van der Waals surface area contributed by atoms with E-state index in [4.69, 9.17) is 14.2 Å². The molecule has 1 fully saturated rings. The maximum Gasteiger partial charge on any atom is 0.237 e. The van der Waals surface area contributed by atoms with E-state index < -0.39 is 5.41 Å². The molecular formula is C20H19FN2O4. The Morgan fingerprint density at radius 3 is 2.93 bits per heavy atom. The number of hydrogen-bond donors (Lipinski definition) is 2. The molecule has 0 radical (unpaired) electrons. The van der Waals surface area contributed by atoms with E-state index in [0.717, 1.165) is 5.56 Å². The van der Waals surface area contributed by atoms with Crippen LogP contribution in [0.15, 0.2) is 30.3 Å². The second-order valence-corrected chi connectivity index (χ2v) is 7.00. The molecule has 3 aliphatic rings. The zero-order valence-electron chi connectivity index (χ0n) is 14.8. The third-order valence-corrected chi connectivity index (χ3v) is 5.66. The van der Waals surface area contributed by atoms with Crippen LogP contribution in [-0.2, 0) is 10.2 Å². The summed E-state index contributed by atoms with van der Waals surface area (Å²) in [6, 6.07) is 7.86. The molecule has 1 saturated heterocycles. The third-order valence-electron chi connectivity index (χ3n) is 5.66. The van der Waals surface area contributed by atoms with Gasteiger partial charge in [-0.2, -0.15) is 0 Å². The van der Waals surface area contributed by atoms with E-state index in [1.54, 1.807) is 13.2 Å². The average Bonchev–Trinajstić information content (AvgIpc) is 3.24. The number of halogens is 1. The number of fused-ring (bicyclic) bond motifs is 3. The molecule has 6 nitrogen and oxygen atoms in total. The number of amides is 1. The molecular weight excluding hydrogens is 351 g/mol. The van der Waals surface area contributed by atoms with Gasteiger partial charge in [-0.1, -0.05) is 0 Å². The lowest BCUT2D eigenvalue weighted by molar-refractivity contribution is -0.121. The molecule has 140 valence electrons. The van der Waals surface area contributed by atoms with Crippen molar-refractivity contribution in [1.29, 1.82) is 0 Å². The fourth-order valence-corrected chi connectivity index (χ4v) is 4.48. The molecule has 2 aromatic rings. The quantitative estimate of drug-likeness (QED) is 0.850. The SMILES string of the molecule is COc1cc([C@H]2NCC[C@@]23C(=O)Nc2ccc(F)cc23)cc2c1OCCO2. The topological polar surface area (TPSA) is 68.8 Å². The number of nitrogens with one attached hydrogen (secondary N) is 2. The minimum atomic E-state index is -0.869. The summed E-state index contributed by atoms with van der Waals surface area (Å²) in [5.41, 5.74) is 1.34. The molecule has 0 saturated carbocycles. The van der Waals surface area contributed by atoms with Gasteiger partial charge >= 0.3 is 0 Å². The molecule has 0 bridgehead atoms. The van der Waals surface area contributed by atoms with Crippen molar-refractivity contribution >= 4 is 11.6 Å². The largest absolute Gasteiger partial charge is 0.493 e. The maximum absolute atomic E-state index is 14.0. The van der Waals surface area contributed by atoms with Crippen molar-refractivity contribution in [3.8, 4) is 17.2 Å². The van der Waals surface area contributed by atoms with E-state index in [-0.39, 0.29) is 17.8 Å². The average molecular weight is 370 g/mol. The first kappa shape index (κ1) is 16.4. The Hall–Kier alpha value is -2.80. The Morgan fingerprint density at radius 1 is 1.22 bits per heavy atom. The van der Waals surface area contributed by atoms with Crippen LogP contribution in [0.5, 0.6) is 17.2 Å². The van der Waals surface area contributed by atoms with Gasteiger partial charge in [0.05, 0.1) is 18.6 Å². The molecule has 2 atom stereocenters. The van der Waals surface area contributed by atoms with E-state index in [1.165, 1.54) is 12.1 Å². The van der Waals surface area contributed by atoms with Crippen LogP contribution in [0.25, 0.3) is 0 Å². The van der Waals surface area contributed by atoms with Crippen LogP contribution >= 0.6 is 0 Å². The number of methoxy groups -OCH3 is 1. The van der Waals surface area contributed by atoms with Crippen LogP contribution in [0.1, 0.15) is 23.6 Å². The molecule has 3 heterocycles. The minimum Gasteiger partial charge on any atom is -0.493 e. The van der Waals surface area contributed by atoms with Crippen LogP contribution in [-0.4, -0.2) is 32.8 Å². The monoisotopic (exact) mass is 370 g/mol. The van der Waals surface area contributed by atoms with Gasteiger partial charge < -0.3 is 24.8 Å². The second kappa shape index (κ2) is 5.85. The van der Waals surface area contributed by atoms with Crippen LogP contribution < -0.4 is 24.8 Å². The highest BCUT2D eigenvalue weighted by Gasteiger charge is 2.55. The summed E-state index contributed by atoms with van der Waals surface area (Å²) in [5.74, 6) is 1.25. The summed E-state index contributed by atoms with van der Waals surface area (Å²) < 4.78 is 30.9. The molecule has 0 unspecified atom stereocenters. The number of carbonyl (C=O) groups is 1. The van der Waals surface area contributed by atoms with Crippen LogP contribution in [0.3, 0.4) is 0 Å². The summed E-state index contributed by atoms with van der Waals surface area (Å²) in [7, 11) is 1.57. The normalized spacial score (nSPS) is 25.4. The smallest absolute Gasteiger partial charge is 0.237 e. The molecule has 3 aliphatic heterocycles. The Labute approximate surface area is 155 Å². The van der Waals surface area contributed by atoms with Gasteiger partial charge in [0.2, 0.25) is 11.7 Å². The fraction of sp³-hybridized carbons (Fsp3) is 0.350. The van der Waals surface area contributed by atoms with Crippen molar-refractivity contribution in [1.82, 2.24) is 5.32 Å². The van der Waals surface area contributed by atoms with Gasteiger partial charge in [0.1, 0.15) is 19.0 Å². The summed E-state index contributed by atoms with van der Waals surface area (Å²) in [5, 5.41) is 6.33. The Morgan fingerprint density at radius 2 is 2.07 bits per heavy atom. The zero-order chi connectivity index (χ0) is 18.6. The van der Waals surface area contributed by atoms with Crippen LogP contribution in [0.2, 0.25) is 0 Å². The molecule has 2 N–H and O–H groups in total. The van der Waals surface area contributed by atoms with Crippen LogP contribution in [0.4, 0.5) is 10.1 Å². The van der Waals surface area contributed by atoms with Crippen molar-refractivity contribution in [3.05, 3.63) is 47.3 Å². The highest BCUT2D eigenvalue weighted by molar-refractivity contribution is 6.07. The lowest BCUT2D eigenvalue weighted by Gasteiger charge is -2.31. The molecule has 0 aromatic heterocycles. The fourth-order valence-electron chi connectivity index (χ4n) is 4.48. The van der Waals surface area contributed by atoms with Gasteiger partial charge in [0, 0.05) is 5.69 Å². The standard InChI is InChI=1S/C20H19FN2O4/c1-25-15-8-11(9-16-17(15)27-7-6-26-16)18-20(4-5-22-18)13-10-12(21)2-3-14(13)23-19(20)24/h2-3,8-10,18,22H,4-7H2,1H3,(H,23,24)/t18-,20+/m1/s1. The molecule has 5 rings (SSSR count). The second-order valence-electron chi connectivity index (χ2n) is 7.00. The van der Waals surface area contributed by atoms with E-state index >= 15 is 0 Å². The van der Waals surface area contributed by atoms with E-state index in [0.29, 0.717) is 54.7 Å². The molecule has 7 heteroatoms. The predicted octanol–water partition coefficient (Wildman–Crippen LogP) is 2.53. The van der Waals surface area contributed by atoms with Crippen molar-refractivity contribution in [2.75, 3.05) is 32.2 Å². The van der Waals surface area contributed by atoms with Gasteiger partial charge in [-0.3, -0.25) is 4.79 Å². The predicted molar refractivity (Wildman–Crippen MR) is 96.1 cm³/mol. The highest BCUT2D eigenvalue weighted by atomic mass is 19.1. The van der Waals surface area contributed by atoms with Gasteiger partial charge in [0.15, 0.2) is 11.5 Å². The summed E-state index contributed by atoms with van der Waals surface area (Å²) >= 11 is 0. The van der Waals surface area contributed by atoms with E-state index in [1.807, 2.05) is 12.1 Å². The van der Waals surface area contributed by atoms with Gasteiger partial charge in [-0.25, -0.2) is 4.39 Å². The summed E-state index contributed by atoms with van der Waals surface area (Å²) in [6.07, 6.45) is 0.580. The highest BCUT2D eigenvalue weighted by Crippen LogP contribution is 2.53. The Balaban J connectivity index is 1.66. The van der Waals surface area contributed by atoms with Crippen molar-refractivity contribution in [2.24, 2.45) is 0 Å². The molecule has 1 spiro atoms. The first-order valence-electron chi connectivity index (χ1n) is 8.96. The van der Waals surface area contributed by atoms with E-state index in [2.05, 4.69) is 10.6 Å². The van der Waals surface area contributed by atoms with Gasteiger partial charge in [-0.05, 0) is 54.4 Å². The van der Waals surface area contributed by atoms with Crippen molar-refractivity contribution in [2.45, 2.75) is 17.9 Å². The first-order chi connectivity index (χ1) is 13.1. The molecule has 0 aliphatic carbocycles. The minimum absolute atomic E-state index is 0.119. The molecule has 27 heavy (non-hydrogen) atoms. The summed E-state index contributed by atoms with van der Waals surface area (Å²) in [4.78, 5) is 13.0. The number of rotatable bonds is 2. The van der Waals surface area contributed by atoms with Gasteiger partial charge in [-0.15, -0.1) is 0 Å². The van der Waals surface area contributed by atoms with Crippen LogP contribution in [0, 0.1) is 5.82 Å². The number of benzene rings is 2. The van der Waals surface area contributed by atoms with E-state index in [9.17, 15) is 9.18 Å². The molecule has 1 amide bonds. The zero-order valence-corrected chi connectivity index (χ0v) is 14.8. The molecule has 2 aromatic carbocycles. The number of anilines is 1. The van der Waals surface area contributed by atoms with Gasteiger partial charge in [0.25, 0.3) is 0 Å². The Kier molecular flexibility index (Phi) is 3.55. The lowest BCUT2D eigenvalue weighted by atomic mass is 9.72. The van der Waals surface area contributed by atoms with Crippen molar-refractivity contribution in [3.63, 3.8) is 0 Å². The lowest BCUT2D eigenvalue weighted by Crippen LogP contribution is -2.39. The summed E-state index contributed by atoms with van der Waals surface area (Å²) in [6.45, 7) is 1.56. The number of hydrogen-bond acceptors (Lipinski definition) is 5. The number of ether oxygens (including phenoxy) is 3. The van der Waals surface area contributed by atoms with Crippen molar-refractivity contribution < 1.29 is 23.4 Å². The maximum atomic E-state index is 14.0. The first-order valence-corrected chi connectivity index (χ1v) is 8.96.